The van der Waals surface area contributed by atoms with Crippen molar-refractivity contribution in [1.82, 2.24) is 4.41 Å². The van der Waals surface area contributed by atoms with Crippen molar-refractivity contribution in [2.45, 2.75) is 31.2 Å². The summed E-state index contributed by atoms with van der Waals surface area (Å²) in [6.07, 6.45) is 0.537. The largest absolute Gasteiger partial charge is 0.279 e. The Balaban J connectivity index is 2.00. The second kappa shape index (κ2) is 5.98. The van der Waals surface area contributed by atoms with Crippen LogP contribution in [-0.2, 0) is 10.0 Å². The van der Waals surface area contributed by atoms with E-state index in [0.717, 1.165) is 11.1 Å². The van der Waals surface area contributed by atoms with E-state index in [2.05, 4.69) is 5.10 Å². The fraction of sp³-hybridized carbons (Fsp3) is 0.235. The molecule has 0 saturated carbocycles. The molecule has 1 unspecified atom stereocenters. The molecule has 0 bridgehead atoms. The summed E-state index contributed by atoms with van der Waals surface area (Å²) in [4.78, 5) is 0.249. The summed E-state index contributed by atoms with van der Waals surface area (Å²) >= 11 is 6.20. The number of halogens is 1. The van der Waals surface area contributed by atoms with E-state index in [1.165, 1.54) is 4.41 Å². The summed E-state index contributed by atoms with van der Waals surface area (Å²) < 4.78 is 26.8. The highest BCUT2D eigenvalue weighted by molar-refractivity contribution is 7.89. The zero-order valence-corrected chi connectivity index (χ0v) is 14.5. The maximum Gasteiger partial charge on any atom is 0.279 e. The van der Waals surface area contributed by atoms with Gasteiger partial charge in [0.05, 0.1) is 16.6 Å². The Morgan fingerprint density at radius 2 is 1.78 bits per heavy atom. The predicted molar refractivity (Wildman–Crippen MR) is 92.3 cm³/mol. The second-order valence-corrected chi connectivity index (χ2v) is 7.87. The summed E-state index contributed by atoms with van der Waals surface area (Å²) in [6, 6.07) is 13.9. The van der Waals surface area contributed by atoms with Crippen molar-refractivity contribution in [3.8, 4) is 0 Å². The van der Waals surface area contributed by atoms with E-state index in [1.54, 1.807) is 30.3 Å². The zero-order valence-electron chi connectivity index (χ0n) is 12.9. The Morgan fingerprint density at radius 1 is 1.13 bits per heavy atom. The van der Waals surface area contributed by atoms with Crippen molar-refractivity contribution in [2.24, 2.45) is 5.10 Å². The van der Waals surface area contributed by atoms with Gasteiger partial charge in [0.2, 0.25) is 0 Å². The van der Waals surface area contributed by atoms with Crippen LogP contribution in [0.1, 0.15) is 24.5 Å². The maximum absolute atomic E-state index is 12.8. The number of rotatable bonds is 3. The number of hydrazone groups is 1. The van der Waals surface area contributed by atoms with Gasteiger partial charge in [-0.05, 0) is 32.0 Å². The monoisotopic (exact) mass is 348 g/mol. The average molecular weight is 349 g/mol. The van der Waals surface area contributed by atoms with Gasteiger partial charge in [-0.1, -0.05) is 47.5 Å². The second-order valence-electron chi connectivity index (χ2n) is 5.67. The molecule has 4 nitrogen and oxygen atoms in total. The van der Waals surface area contributed by atoms with Crippen molar-refractivity contribution in [3.63, 3.8) is 0 Å². The number of nitrogens with zero attached hydrogens (tertiary/aromatic N) is 2. The van der Waals surface area contributed by atoms with Crippen LogP contribution in [0.3, 0.4) is 0 Å². The van der Waals surface area contributed by atoms with Crippen LogP contribution in [0, 0.1) is 6.92 Å². The van der Waals surface area contributed by atoms with E-state index in [9.17, 15) is 8.42 Å². The fourth-order valence-corrected chi connectivity index (χ4v) is 4.28. The first-order chi connectivity index (χ1) is 10.9. The smallest absolute Gasteiger partial charge is 0.200 e. The van der Waals surface area contributed by atoms with E-state index < -0.39 is 10.0 Å². The molecule has 0 N–H and O–H groups in total. The van der Waals surface area contributed by atoms with Gasteiger partial charge < -0.3 is 0 Å². The lowest BCUT2D eigenvalue weighted by Gasteiger charge is -2.19. The van der Waals surface area contributed by atoms with Crippen LogP contribution in [0.4, 0.5) is 0 Å². The third-order valence-corrected chi connectivity index (χ3v) is 5.97. The third-order valence-electron chi connectivity index (χ3n) is 3.83. The molecule has 1 atom stereocenters. The lowest BCUT2D eigenvalue weighted by molar-refractivity contribution is 0.384. The predicted octanol–water partition coefficient (Wildman–Crippen LogP) is 3.84. The SMILES string of the molecule is Cc1ccc(S(=O)(=O)N2N=C(c3ccccc3Cl)CC2C)cc1. The van der Waals surface area contributed by atoms with Crippen molar-refractivity contribution in [3.05, 3.63) is 64.7 Å². The standard InChI is InChI=1S/C17H17ClN2O2S/c1-12-7-9-14(10-8-12)23(21,22)20-13(2)11-17(19-20)15-5-3-4-6-16(15)18/h3-10,13H,11H2,1-2H3. The first kappa shape index (κ1) is 16.0. The van der Waals surface area contributed by atoms with Gasteiger partial charge in [0, 0.05) is 17.0 Å². The number of sulfonamides is 1. The van der Waals surface area contributed by atoms with E-state index in [1.807, 2.05) is 32.0 Å². The molecule has 0 amide bonds. The van der Waals surface area contributed by atoms with Crippen LogP contribution in [0.25, 0.3) is 0 Å². The minimum Gasteiger partial charge on any atom is -0.200 e. The van der Waals surface area contributed by atoms with Gasteiger partial charge in [0.25, 0.3) is 10.0 Å². The van der Waals surface area contributed by atoms with Gasteiger partial charge >= 0.3 is 0 Å². The van der Waals surface area contributed by atoms with E-state index in [4.69, 9.17) is 11.6 Å². The molecule has 0 aliphatic carbocycles. The van der Waals surface area contributed by atoms with Crippen LogP contribution in [0.5, 0.6) is 0 Å². The molecule has 1 aliphatic heterocycles. The van der Waals surface area contributed by atoms with E-state index >= 15 is 0 Å². The molecule has 1 aliphatic rings. The zero-order chi connectivity index (χ0) is 16.6. The minimum atomic E-state index is -3.66. The lowest BCUT2D eigenvalue weighted by Crippen LogP contribution is -2.30. The molecule has 0 aromatic heterocycles. The average Bonchev–Trinajstić information content (AvgIpc) is 2.90. The Hall–Kier alpha value is -1.85. The van der Waals surface area contributed by atoms with Gasteiger partial charge in [0.15, 0.2) is 0 Å². The van der Waals surface area contributed by atoms with Gasteiger partial charge in [-0.25, -0.2) is 0 Å². The first-order valence-corrected chi connectivity index (χ1v) is 9.15. The van der Waals surface area contributed by atoms with Gasteiger partial charge in [0.1, 0.15) is 0 Å². The minimum absolute atomic E-state index is 0.243. The molecule has 6 heteroatoms. The molecule has 0 fully saturated rings. The molecule has 0 radical (unpaired) electrons. The summed E-state index contributed by atoms with van der Waals surface area (Å²) in [7, 11) is -3.66. The highest BCUT2D eigenvalue weighted by atomic mass is 35.5. The molecule has 2 aromatic carbocycles. The third kappa shape index (κ3) is 2.99. The molecule has 1 heterocycles. The molecule has 3 rings (SSSR count). The summed E-state index contributed by atoms with van der Waals surface area (Å²) in [5.74, 6) is 0. The normalized spacial score (nSPS) is 18.1. The van der Waals surface area contributed by atoms with Crippen molar-refractivity contribution in [1.29, 1.82) is 0 Å². The quantitative estimate of drug-likeness (QED) is 0.846. The van der Waals surface area contributed by atoms with Gasteiger partial charge in [-0.3, -0.25) is 0 Å². The van der Waals surface area contributed by atoms with Crippen LogP contribution < -0.4 is 0 Å². The number of hydrogen-bond donors (Lipinski definition) is 0. The number of hydrogen-bond acceptors (Lipinski definition) is 3. The van der Waals surface area contributed by atoms with Gasteiger partial charge in [-0.15, -0.1) is 0 Å². The first-order valence-electron chi connectivity index (χ1n) is 7.33. The topological polar surface area (TPSA) is 49.7 Å². The maximum atomic E-state index is 12.8. The molecule has 120 valence electrons. The highest BCUT2D eigenvalue weighted by Crippen LogP contribution is 2.29. The highest BCUT2D eigenvalue weighted by Gasteiger charge is 2.34. The number of benzene rings is 2. The Labute approximate surface area is 141 Å². The van der Waals surface area contributed by atoms with E-state index in [0.29, 0.717) is 17.2 Å². The summed E-state index contributed by atoms with van der Waals surface area (Å²) in [5, 5.41) is 4.93. The number of aryl methyl sites for hydroxylation is 1. The molecule has 0 saturated heterocycles. The molecular weight excluding hydrogens is 332 g/mol. The Morgan fingerprint density at radius 3 is 2.43 bits per heavy atom. The molecule has 23 heavy (non-hydrogen) atoms. The Bertz CT molecular complexity index is 860. The molecular formula is C17H17ClN2O2S. The van der Waals surface area contributed by atoms with Gasteiger partial charge in [-0.2, -0.15) is 17.9 Å². The van der Waals surface area contributed by atoms with Crippen LogP contribution >= 0.6 is 11.6 Å². The van der Waals surface area contributed by atoms with Crippen LogP contribution in [-0.4, -0.2) is 24.6 Å². The van der Waals surface area contributed by atoms with E-state index in [-0.39, 0.29) is 10.9 Å². The van der Waals surface area contributed by atoms with Crippen LogP contribution in [0.15, 0.2) is 58.5 Å². The molecule has 2 aromatic rings. The summed E-state index contributed by atoms with van der Waals surface area (Å²) in [6.45, 7) is 3.77. The fourth-order valence-electron chi connectivity index (χ4n) is 2.58. The van der Waals surface area contributed by atoms with Crippen molar-refractivity contribution >= 4 is 27.3 Å². The van der Waals surface area contributed by atoms with Crippen molar-refractivity contribution < 1.29 is 8.42 Å². The van der Waals surface area contributed by atoms with Crippen LogP contribution in [0.2, 0.25) is 5.02 Å². The molecule has 0 spiro atoms. The lowest BCUT2D eigenvalue weighted by atomic mass is 10.1. The Kier molecular flexibility index (Phi) is 4.17. The summed E-state index contributed by atoms with van der Waals surface area (Å²) in [5.41, 5.74) is 2.49. The van der Waals surface area contributed by atoms with Crippen molar-refractivity contribution in [2.75, 3.05) is 0 Å².